The van der Waals surface area contributed by atoms with E-state index < -0.39 is 0 Å². The smallest absolute Gasteiger partial charge is 0.261 e. The van der Waals surface area contributed by atoms with Gasteiger partial charge in [0.15, 0.2) is 0 Å². The first-order valence-corrected chi connectivity index (χ1v) is 9.50. The van der Waals surface area contributed by atoms with Crippen LogP contribution < -0.4 is 5.32 Å². The van der Waals surface area contributed by atoms with Crippen molar-refractivity contribution in [2.45, 2.75) is 13.0 Å². The normalized spacial score (nSPS) is 12.8. The summed E-state index contributed by atoms with van der Waals surface area (Å²) in [5.74, 6) is -0.634. The summed E-state index contributed by atoms with van der Waals surface area (Å²) in [6, 6.07) is 23.8. The summed E-state index contributed by atoms with van der Waals surface area (Å²) >= 11 is 0. The lowest BCUT2D eigenvalue weighted by atomic mass is 10.1. The molecule has 1 aliphatic heterocycles. The van der Waals surface area contributed by atoms with E-state index >= 15 is 0 Å². The van der Waals surface area contributed by atoms with Crippen LogP contribution in [0.25, 0.3) is 0 Å². The number of benzene rings is 3. The fraction of sp³-hybridized carbons (Fsp3) is 0.125. The number of nitrogens with zero attached hydrogens (tertiary/aromatic N) is 1. The highest BCUT2D eigenvalue weighted by Crippen LogP contribution is 2.22. The third-order valence-corrected chi connectivity index (χ3v) is 5.01. The molecule has 0 bridgehead atoms. The maximum atomic E-state index is 12.4. The van der Waals surface area contributed by atoms with E-state index in [0.29, 0.717) is 36.2 Å². The quantitative estimate of drug-likeness (QED) is 0.662. The number of hydrogen-bond donors (Lipinski definition) is 1. The fourth-order valence-electron chi connectivity index (χ4n) is 3.39. The Morgan fingerprint density at radius 3 is 1.93 bits per heavy atom. The van der Waals surface area contributed by atoms with Crippen molar-refractivity contribution in [2.75, 3.05) is 6.54 Å². The van der Waals surface area contributed by atoms with E-state index in [1.807, 2.05) is 42.5 Å². The third-order valence-electron chi connectivity index (χ3n) is 5.01. The third kappa shape index (κ3) is 3.94. The minimum absolute atomic E-state index is 0.138. The SMILES string of the molecule is O=C(NCc1ccccc1)c1ccc(CCN2C(=O)c3ccccc3C2=O)cc1. The topological polar surface area (TPSA) is 66.5 Å². The Hall–Kier alpha value is -3.73. The minimum atomic E-state index is -0.248. The lowest BCUT2D eigenvalue weighted by molar-refractivity contribution is 0.0656. The van der Waals surface area contributed by atoms with Gasteiger partial charge in [0.1, 0.15) is 0 Å². The van der Waals surface area contributed by atoms with Crippen molar-refractivity contribution in [3.8, 4) is 0 Å². The maximum absolute atomic E-state index is 12.4. The number of amides is 3. The van der Waals surface area contributed by atoms with Gasteiger partial charge >= 0.3 is 0 Å². The summed E-state index contributed by atoms with van der Waals surface area (Å²) in [7, 11) is 0. The zero-order valence-electron chi connectivity index (χ0n) is 15.8. The monoisotopic (exact) mass is 384 g/mol. The van der Waals surface area contributed by atoms with Gasteiger partial charge in [0.25, 0.3) is 17.7 Å². The number of carbonyl (C=O) groups is 3. The Kier molecular flexibility index (Phi) is 5.20. The number of hydrogen-bond acceptors (Lipinski definition) is 3. The zero-order valence-corrected chi connectivity index (χ0v) is 15.8. The van der Waals surface area contributed by atoms with E-state index in [1.54, 1.807) is 36.4 Å². The molecule has 144 valence electrons. The van der Waals surface area contributed by atoms with Crippen LogP contribution in [0.4, 0.5) is 0 Å². The van der Waals surface area contributed by atoms with Crippen molar-refractivity contribution in [2.24, 2.45) is 0 Å². The van der Waals surface area contributed by atoms with E-state index in [0.717, 1.165) is 11.1 Å². The molecule has 3 aromatic rings. The molecule has 29 heavy (non-hydrogen) atoms. The van der Waals surface area contributed by atoms with Crippen LogP contribution in [-0.2, 0) is 13.0 Å². The van der Waals surface area contributed by atoms with Gasteiger partial charge in [0, 0.05) is 18.7 Å². The molecule has 0 saturated carbocycles. The van der Waals surface area contributed by atoms with Crippen LogP contribution in [0, 0.1) is 0 Å². The van der Waals surface area contributed by atoms with Gasteiger partial charge in [-0.15, -0.1) is 0 Å². The molecule has 0 aromatic heterocycles. The highest BCUT2D eigenvalue weighted by atomic mass is 16.2. The van der Waals surface area contributed by atoms with E-state index in [2.05, 4.69) is 5.32 Å². The molecule has 0 aliphatic carbocycles. The van der Waals surface area contributed by atoms with E-state index in [9.17, 15) is 14.4 Å². The largest absolute Gasteiger partial charge is 0.348 e. The lowest BCUT2D eigenvalue weighted by Crippen LogP contribution is -2.31. The van der Waals surface area contributed by atoms with Gasteiger partial charge in [-0.2, -0.15) is 0 Å². The van der Waals surface area contributed by atoms with E-state index in [-0.39, 0.29) is 17.7 Å². The zero-order chi connectivity index (χ0) is 20.2. The van der Waals surface area contributed by atoms with Crippen molar-refractivity contribution in [3.63, 3.8) is 0 Å². The molecular weight excluding hydrogens is 364 g/mol. The van der Waals surface area contributed by atoms with Crippen molar-refractivity contribution < 1.29 is 14.4 Å². The number of nitrogens with one attached hydrogen (secondary N) is 1. The number of rotatable bonds is 6. The van der Waals surface area contributed by atoms with Crippen LogP contribution >= 0.6 is 0 Å². The molecule has 0 atom stereocenters. The average Bonchev–Trinajstić information content (AvgIpc) is 3.02. The van der Waals surface area contributed by atoms with Gasteiger partial charge in [-0.3, -0.25) is 19.3 Å². The first kappa shape index (κ1) is 18.6. The Morgan fingerprint density at radius 1 is 0.724 bits per heavy atom. The molecule has 0 fully saturated rings. The predicted molar refractivity (Wildman–Crippen MR) is 110 cm³/mol. The van der Waals surface area contributed by atoms with E-state index in [4.69, 9.17) is 0 Å². The van der Waals surface area contributed by atoms with Gasteiger partial charge in [0.05, 0.1) is 11.1 Å². The van der Waals surface area contributed by atoms with Crippen LogP contribution in [-0.4, -0.2) is 29.2 Å². The molecule has 0 radical (unpaired) electrons. The molecule has 1 heterocycles. The van der Waals surface area contributed by atoms with Crippen molar-refractivity contribution in [3.05, 3.63) is 107 Å². The predicted octanol–water partition coefficient (Wildman–Crippen LogP) is 3.46. The number of imide groups is 1. The lowest BCUT2D eigenvalue weighted by Gasteiger charge is -2.14. The Balaban J connectivity index is 1.34. The molecule has 3 aromatic carbocycles. The van der Waals surface area contributed by atoms with Crippen LogP contribution in [0.1, 0.15) is 42.2 Å². The first-order chi connectivity index (χ1) is 14.1. The molecule has 3 amide bonds. The van der Waals surface area contributed by atoms with Gasteiger partial charge in [-0.25, -0.2) is 0 Å². The van der Waals surface area contributed by atoms with Crippen LogP contribution in [0.15, 0.2) is 78.9 Å². The summed E-state index contributed by atoms with van der Waals surface area (Å²) in [5, 5.41) is 2.90. The summed E-state index contributed by atoms with van der Waals surface area (Å²) < 4.78 is 0. The van der Waals surface area contributed by atoms with Crippen molar-refractivity contribution in [1.29, 1.82) is 0 Å². The van der Waals surface area contributed by atoms with Crippen LogP contribution in [0.2, 0.25) is 0 Å². The molecule has 4 rings (SSSR count). The van der Waals surface area contributed by atoms with Gasteiger partial charge < -0.3 is 5.32 Å². The average molecular weight is 384 g/mol. The first-order valence-electron chi connectivity index (χ1n) is 9.50. The fourth-order valence-corrected chi connectivity index (χ4v) is 3.39. The maximum Gasteiger partial charge on any atom is 0.261 e. The Bertz CT molecular complexity index is 1020. The Labute approximate surface area is 169 Å². The molecule has 0 unspecified atom stereocenters. The van der Waals surface area contributed by atoms with Crippen LogP contribution in [0.3, 0.4) is 0 Å². The summed E-state index contributed by atoms with van der Waals surface area (Å²) in [6.07, 6.45) is 0.539. The summed E-state index contributed by atoms with van der Waals surface area (Å²) in [4.78, 5) is 38.4. The summed E-state index contributed by atoms with van der Waals surface area (Å²) in [6.45, 7) is 0.785. The second-order valence-corrected chi connectivity index (χ2v) is 6.92. The molecule has 1 N–H and O–H groups in total. The van der Waals surface area contributed by atoms with E-state index in [1.165, 1.54) is 4.90 Å². The van der Waals surface area contributed by atoms with Crippen molar-refractivity contribution >= 4 is 17.7 Å². The second-order valence-electron chi connectivity index (χ2n) is 6.92. The highest BCUT2D eigenvalue weighted by molar-refractivity contribution is 6.21. The number of carbonyl (C=O) groups excluding carboxylic acids is 3. The van der Waals surface area contributed by atoms with Crippen LogP contribution in [0.5, 0.6) is 0 Å². The highest BCUT2D eigenvalue weighted by Gasteiger charge is 2.34. The number of fused-ring (bicyclic) bond motifs is 1. The minimum Gasteiger partial charge on any atom is -0.348 e. The standard InChI is InChI=1S/C24H20N2O3/c27-22(25-16-18-6-2-1-3-7-18)19-12-10-17(11-13-19)14-15-26-23(28)20-8-4-5-9-21(20)24(26)29/h1-13H,14-16H2,(H,25,27). The van der Waals surface area contributed by atoms with Gasteiger partial charge in [0.2, 0.25) is 0 Å². The molecule has 1 aliphatic rings. The molecule has 0 saturated heterocycles. The van der Waals surface area contributed by atoms with Crippen molar-refractivity contribution in [1.82, 2.24) is 10.2 Å². The van der Waals surface area contributed by atoms with Gasteiger partial charge in [-0.1, -0.05) is 54.6 Å². The molecule has 5 nitrogen and oxygen atoms in total. The molecular formula is C24H20N2O3. The Morgan fingerprint density at radius 2 is 1.31 bits per heavy atom. The molecule has 5 heteroatoms. The summed E-state index contributed by atoms with van der Waals surface area (Å²) in [5.41, 5.74) is 3.50. The second kappa shape index (κ2) is 8.10. The molecule has 0 spiro atoms. The van der Waals surface area contributed by atoms with Gasteiger partial charge in [-0.05, 0) is 41.8 Å².